The SMILES string of the molecule is Nc1ccc(CCCCn2cc(C=O)nn2)nn1. The molecule has 2 aromatic rings. The van der Waals surface area contributed by atoms with Crippen LogP contribution in [0.25, 0.3) is 0 Å². The second-order valence-corrected chi connectivity index (χ2v) is 3.93. The predicted molar refractivity (Wildman–Crippen MR) is 64.8 cm³/mol. The summed E-state index contributed by atoms with van der Waals surface area (Å²) >= 11 is 0. The number of aromatic nitrogens is 5. The van der Waals surface area contributed by atoms with Gasteiger partial charge in [0.15, 0.2) is 6.29 Å². The zero-order valence-corrected chi connectivity index (χ0v) is 9.86. The van der Waals surface area contributed by atoms with Crippen LogP contribution in [0, 0.1) is 0 Å². The summed E-state index contributed by atoms with van der Waals surface area (Å²) in [7, 11) is 0. The van der Waals surface area contributed by atoms with Gasteiger partial charge in [-0.25, -0.2) is 0 Å². The number of carbonyl (C=O) groups excluding carboxylic acids is 1. The van der Waals surface area contributed by atoms with E-state index in [4.69, 9.17) is 5.73 Å². The lowest BCUT2D eigenvalue weighted by molar-refractivity contribution is 0.111. The van der Waals surface area contributed by atoms with Crippen LogP contribution in [0.4, 0.5) is 5.82 Å². The lowest BCUT2D eigenvalue weighted by atomic mass is 10.2. The maximum atomic E-state index is 10.4. The minimum Gasteiger partial charge on any atom is -0.382 e. The molecule has 2 aromatic heterocycles. The second kappa shape index (κ2) is 5.85. The molecule has 94 valence electrons. The van der Waals surface area contributed by atoms with Gasteiger partial charge in [-0.15, -0.1) is 10.2 Å². The fourth-order valence-electron chi connectivity index (χ4n) is 1.56. The molecule has 0 bridgehead atoms. The molecule has 7 heteroatoms. The maximum absolute atomic E-state index is 10.4. The Morgan fingerprint density at radius 2 is 2.11 bits per heavy atom. The molecule has 0 radical (unpaired) electrons. The van der Waals surface area contributed by atoms with Gasteiger partial charge in [0.05, 0.1) is 11.9 Å². The Bertz CT molecular complexity index is 507. The maximum Gasteiger partial charge on any atom is 0.171 e. The molecule has 0 spiro atoms. The Kier molecular flexibility index (Phi) is 3.95. The molecule has 7 nitrogen and oxygen atoms in total. The number of rotatable bonds is 6. The molecule has 0 saturated carbocycles. The van der Waals surface area contributed by atoms with Gasteiger partial charge in [0.2, 0.25) is 0 Å². The van der Waals surface area contributed by atoms with Crippen LogP contribution in [0.1, 0.15) is 29.0 Å². The smallest absolute Gasteiger partial charge is 0.171 e. The molecule has 2 heterocycles. The number of nitrogens with two attached hydrogens (primary N) is 1. The van der Waals surface area contributed by atoms with E-state index in [2.05, 4.69) is 20.5 Å². The monoisotopic (exact) mass is 246 g/mol. The molecule has 0 amide bonds. The molecule has 0 unspecified atom stereocenters. The standard InChI is InChI=1S/C11H14N6O/c12-11-5-4-9(13-15-11)3-1-2-6-17-7-10(8-18)14-16-17/h4-5,7-8H,1-3,6H2,(H2,12,15). The van der Waals surface area contributed by atoms with Crippen molar-refractivity contribution in [2.24, 2.45) is 0 Å². The molecule has 0 aromatic carbocycles. The van der Waals surface area contributed by atoms with Crippen molar-refractivity contribution in [3.05, 3.63) is 29.7 Å². The Morgan fingerprint density at radius 3 is 2.78 bits per heavy atom. The van der Waals surface area contributed by atoms with Crippen molar-refractivity contribution in [3.8, 4) is 0 Å². The summed E-state index contributed by atoms with van der Waals surface area (Å²) in [5.74, 6) is 0.433. The van der Waals surface area contributed by atoms with Gasteiger partial charge < -0.3 is 5.73 Å². The molecule has 0 saturated heterocycles. The van der Waals surface area contributed by atoms with Gasteiger partial charge in [0.1, 0.15) is 11.5 Å². The highest BCUT2D eigenvalue weighted by atomic mass is 16.1. The van der Waals surface area contributed by atoms with Crippen molar-refractivity contribution in [3.63, 3.8) is 0 Å². The van der Waals surface area contributed by atoms with Gasteiger partial charge in [0, 0.05) is 6.54 Å². The van der Waals surface area contributed by atoms with E-state index in [0.717, 1.165) is 31.5 Å². The summed E-state index contributed by atoms with van der Waals surface area (Å²) in [4.78, 5) is 10.4. The van der Waals surface area contributed by atoms with Gasteiger partial charge in [-0.1, -0.05) is 5.21 Å². The summed E-state index contributed by atoms with van der Waals surface area (Å²) in [5, 5.41) is 15.3. The van der Waals surface area contributed by atoms with E-state index >= 15 is 0 Å². The quantitative estimate of drug-likeness (QED) is 0.588. The number of anilines is 1. The van der Waals surface area contributed by atoms with Gasteiger partial charge in [0.25, 0.3) is 0 Å². The van der Waals surface area contributed by atoms with Crippen LogP contribution in [-0.4, -0.2) is 31.5 Å². The van der Waals surface area contributed by atoms with Crippen LogP contribution in [0.5, 0.6) is 0 Å². The molecule has 0 aliphatic rings. The van der Waals surface area contributed by atoms with Crippen molar-refractivity contribution >= 4 is 12.1 Å². The molecular weight excluding hydrogens is 232 g/mol. The van der Waals surface area contributed by atoms with Gasteiger partial charge in [-0.05, 0) is 31.4 Å². The van der Waals surface area contributed by atoms with Crippen molar-refractivity contribution in [2.75, 3.05) is 5.73 Å². The van der Waals surface area contributed by atoms with Crippen LogP contribution in [0.15, 0.2) is 18.3 Å². The van der Waals surface area contributed by atoms with Crippen LogP contribution in [0.3, 0.4) is 0 Å². The third-order valence-corrected chi connectivity index (χ3v) is 2.49. The van der Waals surface area contributed by atoms with Crippen LogP contribution in [-0.2, 0) is 13.0 Å². The van der Waals surface area contributed by atoms with Crippen molar-refractivity contribution in [1.82, 2.24) is 25.2 Å². The topological polar surface area (TPSA) is 99.6 Å². The van der Waals surface area contributed by atoms with E-state index in [1.165, 1.54) is 0 Å². The number of hydrogen-bond donors (Lipinski definition) is 1. The van der Waals surface area contributed by atoms with E-state index in [1.54, 1.807) is 16.9 Å². The Morgan fingerprint density at radius 1 is 1.22 bits per heavy atom. The van der Waals surface area contributed by atoms with Crippen molar-refractivity contribution in [2.45, 2.75) is 25.8 Å². The summed E-state index contributed by atoms with van der Waals surface area (Å²) in [6.07, 6.45) is 5.08. The Labute approximate surface area is 104 Å². The first-order valence-electron chi connectivity index (χ1n) is 5.71. The number of nitrogens with zero attached hydrogens (tertiary/aromatic N) is 5. The molecule has 18 heavy (non-hydrogen) atoms. The summed E-state index contributed by atoms with van der Waals surface area (Å²) in [6, 6.07) is 3.62. The second-order valence-electron chi connectivity index (χ2n) is 3.93. The van der Waals surface area contributed by atoms with Gasteiger partial charge in [-0.2, -0.15) is 5.10 Å². The number of carbonyl (C=O) groups is 1. The molecular formula is C11H14N6O. The highest BCUT2D eigenvalue weighted by Crippen LogP contribution is 2.04. The fraction of sp³-hybridized carbons (Fsp3) is 0.364. The average molecular weight is 246 g/mol. The number of hydrogen-bond acceptors (Lipinski definition) is 6. The van der Waals surface area contributed by atoms with E-state index in [1.807, 2.05) is 6.07 Å². The van der Waals surface area contributed by atoms with E-state index in [9.17, 15) is 4.79 Å². The van der Waals surface area contributed by atoms with Crippen molar-refractivity contribution in [1.29, 1.82) is 0 Å². The van der Waals surface area contributed by atoms with Crippen molar-refractivity contribution < 1.29 is 4.79 Å². The molecule has 2 rings (SSSR count). The number of unbranched alkanes of at least 4 members (excludes halogenated alkanes) is 1. The first kappa shape index (κ1) is 12.2. The summed E-state index contributed by atoms with van der Waals surface area (Å²) < 4.78 is 1.67. The third kappa shape index (κ3) is 3.34. The largest absolute Gasteiger partial charge is 0.382 e. The van der Waals surface area contributed by atoms with Crippen LogP contribution >= 0.6 is 0 Å². The van der Waals surface area contributed by atoms with E-state index in [-0.39, 0.29) is 0 Å². The summed E-state index contributed by atoms with van der Waals surface area (Å²) in [5.41, 5.74) is 6.74. The number of nitrogen functional groups attached to an aromatic ring is 1. The minimum atomic E-state index is 0.361. The zero-order valence-electron chi connectivity index (χ0n) is 9.86. The first-order chi connectivity index (χ1) is 8.78. The Hall–Kier alpha value is -2.31. The number of aldehydes is 1. The summed E-state index contributed by atoms with van der Waals surface area (Å²) in [6.45, 7) is 0.739. The normalized spacial score (nSPS) is 10.4. The van der Waals surface area contributed by atoms with Gasteiger partial charge >= 0.3 is 0 Å². The van der Waals surface area contributed by atoms with Crippen LogP contribution < -0.4 is 5.73 Å². The van der Waals surface area contributed by atoms with E-state index < -0.39 is 0 Å². The first-order valence-corrected chi connectivity index (χ1v) is 5.71. The molecule has 0 aliphatic heterocycles. The molecule has 0 aliphatic carbocycles. The highest BCUT2D eigenvalue weighted by molar-refractivity contribution is 5.70. The minimum absolute atomic E-state index is 0.361. The Balaban J connectivity index is 1.72. The molecule has 0 fully saturated rings. The van der Waals surface area contributed by atoms with Gasteiger partial charge in [-0.3, -0.25) is 9.48 Å². The lowest BCUT2D eigenvalue weighted by Gasteiger charge is -2.01. The highest BCUT2D eigenvalue weighted by Gasteiger charge is 2.00. The third-order valence-electron chi connectivity index (χ3n) is 2.49. The molecule has 2 N–H and O–H groups in total. The number of aryl methyl sites for hydroxylation is 2. The predicted octanol–water partition coefficient (Wildman–Crippen LogP) is 0.486. The zero-order chi connectivity index (χ0) is 12.8. The molecule has 0 atom stereocenters. The van der Waals surface area contributed by atoms with E-state index in [0.29, 0.717) is 17.8 Å². The lowest BCUT2D eigenvalue weighted by Crippen LogP contribution is -2.01. The van der Waals surface area contributed by atoms with Crippen LogP contribution in [0.2, 0.25) is 0 Å². The fourth-order valence-corrected chi connectivity index (χ4v) is 1.56. The average Bonchev–Trinajstić information content (AvgIpc) is 2.85.